The lowest BCUT2D eigenvalue weighted by Gasteiger charge is -2.32. The van der Waals surface area contributed by atoms with E-state index in [4.69, 9.17) is 11.6 Å². The Morgan fingerprint density at radius 3 is 2.48 bits per heavy atom. The van der Waals surface area contributed by atoms with Gasteiger partial charge in [-0.25, -0.2) is 9.37 Å². The zero-order valence-electron chi connectivity index (χ0n) is 14.1. The Kier molecular flexibility index (Phi) is 5.55. The Morgan fingerprint density at radius 1 is 1.22 bits per heavy atom. The Morgan fingerprint density at radius 2 is 1.89 bits per heavy atom. The molecule has 0 spiro atoms. The number of benzene rings is 1. The van der Waals surface area contributed by atoms with Gasteiger partial charge in [-0.05, 0) is 31.0 Å². The second kappa shape index (κ2) is 7.72. The number of para-hydroxylation sites is 1. The molecule has 0 bridgehead atoms. The summed E-state index contributed by atoms with van der Waals surface area (Å²) in [5, 5.41) is 2.49. The minimum atomic E-state index is -4.51. The Labute approximate surface area is 158 Å². The molecule has 0 unspecified atom stereocenters. The molecule has 1 fully saturated rings. The monoisotopic (exact) mass is 401 g/mol. The third-order valence-electron chi connectivity index (χ3n) is 4.45. The maximum absolute atomic E-state index is 13.6. The van der Waals surface area contributed by atoms with E-state index in [-0.39, 0.29) is 28.4 Å². The van der Waals surface area contributed by atoms with Crippen molar-refractivity contribution in [3.8, 4) is 0 Å². The average Bonchev–Trinajstić information content (AvgIpc) is 2.63. The van der Waals surface area contributed by atoms with Gasteiger partial charge in [-0.15, -0.1) is 0 Å². The highest BCUT2D eigenvalue weighted by atomic mass is 35.5. The SMILES string of the molecule is O=C(Nc1ccccc1F)C1CCN(c2ncc(C(F)(F)F)cc2Cl)CC1. The molecule has 2 heterocycles. The fraction of sp³-hybridized carbons (Fsp3) is 0.333. The summed E-state index contributed by atoms with van der Waals surface area (Å²) in [5.74, 6) is -0.859. The van der Waals surface area contributed by atoms with Gasteiger partial charge in [0.1, 0.15) is 11.6 Å². The summed E-state index contributed by atoms with van der Waals surface area (Å²) in [4.78, 5) is 17.9. The van der Waals surface area contributed by atoms with Gasteiger partial charge >= 0.3 is 6.18 Å². The molecule has 1 saturated heterocycles. The van der Waals surface area contributed by atoms with Gasteiger partial charge in [0.25, 0.3) is 0 Å². The molecule has 0 atom stereocenters. The molecule has 1 amide bonds. The Bertz CT molecular complexity index is 836. The zero-order chi connectivity index (χ0) is 19.6. The van der Waals surface area contributed by atoms with Crippen LogP contribution >= 0.6 is 11.6 Å². The number of piperidine rings is 1. The van der Waals surface area contributed by atoms with Crippen LogP contribution in [0.25, 0.3) is 0 Å². The van der Waals surface area contributed by atoms with E-state index >= 15 is 0 Å². The van der Waals surface area contributed by atoms with Gasteiger partial charge in [-0.1, -0.05) is 23.7 Å². The Balaban J connectivity index is 1.62. The lowest BCUT2D eigenvalue weighted by Crippen LogP contribution is -2.38. The van der Waals surface area contributed by atoms with Crippen LogP contribution in [0.5, 0.6) is 0 Å². The first-order chi connectivity index (χ1) is 12.8. The number of hydrogen-bond acceptors (Lipinski definition) is 3. The summed E-state index contributed by atoms with van der Waals surface area (Å²) in [6.45, 7) is 0.820. The van der Waals surface area contributed by atoms with Crippen molar-refractivity contribution in [1.82, 2.24) is 4.98 Å². The van der Waals surface area contributed by atoms with Crippen LogP contribution in [0.2, 0.25) is 5.02 Å². The van der Waals surface area contributed by atoms with Gasteiger partial charge in [-0.2, -0.15) is 13.2 Å². The predicted molar refractivity (Wildman–Crippen MR) is 94.2 cm³/mol. The minimum Gasteiger partial charge on any atom is -0.355 e. The van der Waals surface area contributed by atoms with E-state index in [9.17, 15) is 22.4 Å². The molecule has 1 aliphatic heterocycles. The van der Waals surface area contributed by atoms with E-state index in [0.29, 0.717) is 25.9 Å². The maximum atomic E-state index is 13.6. The van der Waals surface area contributed by atoms with E-state index < -0.39 is 17.6 Å². The lowest BCUT2D eigenvalue weighted by molar-refractivity contribution is -0.137. The Hall–Kier alpha value is -2.35. The standard InChI is InChI=1S/C18H16ClF4N3O/c19-13-9-12(18(21,22)23)10-24-16(13)26-7-5-11(6-8-26)17(27)25-15-4-2-1-3-14(15)20/h1-4,9-11H,5-8H2,(H,25,27). The molecular formula is C18H16ClF4N3O. The van der Waals surface area contributed by atoms with Crippen molar-refractivity contribution in [2.24, 2.45) is 5.92 Å². The van der Waals surface area contributed by atoms with E-state index in [1.54, 1.807) is 11.0 Å². The zero-order valence-corrected chi connectivity index (χ0v) is 14.8. The molecule has 9 heteroatoms. The molecule has 0 saturated carbocycles. The molecule has 1 aromatic carbocycles. The van der Waals surface area contributed by atoms with Crippen LogP contribution in [0.3, 0.4) is 0 Å². The van der Waals surface area contributed by atoms with E-state index in [0.717, 1.165) is 12.3 Å². The molecule has 1 aliphatic rings. The second-order valence-electron chi connectivity index (χ2n) is 6.26. The highest BCUT2D eigenvalue weighted by molar-refractivity contribution is 6.33. The number of nitrogens with one attached hydrogen (secondary N) is 1. The molecular weight excluding hydrogens is 386 g/mol. The van der Waals surface area contributed by atoms with Crippen LogP contribution < -0.4 is 10.2 Å². The molecule has 1 aromatic heterocycles. The molecule has 27 heavy (non-hydrogen) atoms. The highest BCUT2D eigenvalue weighted by Gasteiger charge is 2.33. The van der Waals surface area contributed by atoms with Crippen molar-refractivity contribution >= 4 is 29.0 Å². The van der Waals surface area contributed by atoms with Gasteiger partial charge in [0, 0.05) is 25.2 Å². The van der Waals surface area contributed by atoms with Gasteiger partial charge in [-0.3, -0.25) is 4.79 Å². The fourth-order valence-electron chi connectivity index (χ4n) is 2.97. The number of carbonyl (C=O) groups excluding carboxylic acids is 1. The van der Waals surface area contributed by atoms with Gasteiger partial charge in [0.05, 0.1) is 16.3 Å². The van der Waals surface area contributed by atoms with Crippen LogP contribution in [0.4, 0.5) is 29.1 Å². The van der Waals surface area contributed by atoms with Crippen LogP contribution in [0, 0.1) is 11.7 Å². The number of alkyl halides is 3. The number of rotatable bonds is 3. The average molecular weight is 402 g/mol. The van der Waals surface area contributed by atoms with Gasteiger partial charge in [0.2, 0.25) is 5.91 Å². The summed E-state index contributed by atoms with van der Waals surface area (Å²) in [6, 6.07) is 6.75. The molecule has 144 valence electrons. The molecule has 0 aliphatic carbocycles. The third kappa shape index (κ3) is 4.50. The number of pyridine rings is 1. The number of carbonyl (C=O) groups is 1. The van der Waals surface area contributed by atoms with Crippen molar-refractivity contribution in [2.45, 2.75) is 19.0 Å². The summed E-state index contributed by atoms with van der Waals surface area (Å²) >= 11 is 5.97. The van der Waals surface area contributed by atoms with Crippen molar-refractivity contribution in [3.63, 3.8) is 0 Å². The van der Waals surface area contributed by atoms with Crippen LogP contribution in [-0.4, -0.2) is 24.0 Å². The second-order valence-corrected chi connectivity index (χ2v) is 6.66. The first-order valence-corrected chi connectivity index (χ1v) is 8.66. The number of nitrogens with zero attached hydrogens (tertiary/aromatic N) is 2. The highest BCUT2D eigenvalue weighted by Crippen LogP contribution is 2.34. The number of aromatic nitrogens is 1. The molecule has 1 N–H and O–H groups in total. The van der Waals surface area contributed by atoms with E-state index in [1.165, 1.54) is 18.2 Å². The quantitative estimate of drug-likeness (QED) is 0.755. The van der Waals surface area contributed by atoms with Crippen LogP contribution in [-0.2, 0) is 11.0 Å². The normalized spacial score (nSPS) is 15.7. The fourth-order valence-corrected chi connectivity index (χ4v) is 3.26. The number of amides is 1. The topological polar surface area (TPSA) is 45.2 Å². The summed E-state index contributed by atoms with van der Waals surface area (Å²) in [7, 11) is 0. The van der Waals surface area contributed by atoms with Crippen LogP contribution in [0.1, 0.15) is 18.4 Å². The summed E-state index contributed by atoms with van der Waals surface area (Å²) < 4.78 is 51.8. The number of hydrogen-bond donors (Lipinski definition) is 1. The molecule has 2 aromatic rings. The first kappa shape index (κ1) is 19.4. The van der Waals surface area contributed by atoms with Crippen LogP contribution in [0.15, 0.2) is 36.5 Å². The van der Waals surface area contributed by atoms with E-state index in [2.05, 4.69) is 10.3 Å². The van der Waals surface area contributed by atoms with Gasteiger partial charge in [0.15, 0.2) is 0 Å². The largest absolute Gasteiger partial charge is 0.417 e. The van der Waals surface area contributed by atoms with Crippen molar-refractivity contribution in [2.75, 3.05) is 23.3 Å². The smallest absolute Gasteiger partial charge is 0.355 e. The molecule has 0 radical (unpaired) electrons. The minimum absolute atomic E-state index is 0.0842. The number of anilines is 2. The first-order valence-electron chi connectivity index (χ1n) is 8.29. The summed E-state index contributed by atoms with van der Waals surface area (Å²) in [5.41, 5.74) is -0.784. The molecule has 4 nitrogen and oxygen atoms in total. The third-order valence-corrected chi connectivity index (χ3v) is 4.72. The van der Waals surface area contributed by atoms with Crippen molar-refractivity contribution in [3.05, 3.63) is 52.9 Å². The van der Waals surface area contributed by atoms with Gasteiger partial charge < -0.3 is 10.2 Å². The molecule has 3 rings (SSSR count). The van der Waals surface area contributed by atoms with Crippen molar-refractivity contribution in [1.29, 1.82) is 0 Å². The maximum Gasteiger partial charge on any atom is 0.417 e. The summed E-state index contributed by atoms with van der Waals surface area (Å²) in [6.07, 6.45) is -2.84. The van der Waals surface area contributed by atoms with E-state index in [1.807, 2.05) is 0 Å². The lowest BCUT2D eigenvalue weighted by atomic mass is 9.95. The predicted octanol–water partition coefficient (Wildman–Crippen LogP) is 4.75. The number of halogens is 5. The van der Waals surface area contributed by atoms with Crippen molar-refractivity contribution < 1.29 is 22.4 Å².